The Labute approximate surface area is 149 Å². The third-order valence-electron chi connectivity index (χ3n) is 5.03. The van der Waals surface area contributed by atoms with E-state index in [1.165, 1.54) is 0 Å². The number of nitrogens with zero attached hydrogens (tertiary/aromatic N) is 1. The number of ether oxygens (including phenoxy) is 2. The third kappa shape index (κ3) is 3.00. The van der Waals surface area contributed by atoms with Crippen molar-refractivity contribution in [2.75, 3.05) is 19.8 Å². The highest BCUT2D eigenvalue weighted by Gasteiger charge is 2.63. The summed E-state index contributed by atoms with van der Waals surface area (Å²) in [6.07, 6.45) is 0.236. The van der Waals surface area contributed by atoms with Gasteiger partial charge in [0.2, 0.25) is 0 Å². The molecule has 4 N–H and O–H groups in total. The van der Waals surface area contributed by atoms with Crippen LogP contribution in [0.5, 0.6) is 0 Å². The molecule has 3 aliphatic heterocycles. The Bertz CT molecular complexity index is 766. The average molecular weight is 385 g/mol. The second kappa shape index (κ2) is 6.40. The maximum Gasteiger partial charge on any atom is 0.470 e. The van der Waals surface area contributed by atoms with Gasteiger partial charge in [-0.2, -0.15) is 0 Å². The van der Waals surface area contributed by atoms with E-state index < -0.39 is 44.6 Å². The van der Waals surface area contributed by atoms with E-state index >= 15 is 0 Å². The summed E-state index contributed by atoms with van der Waals surface area (Å²) in [6.45, 7) is -0.304. The van der Waals surface area contributed by atoms with E-state index in [2.05, 4.69) is 0 Å². The zero-order chi connectivity index (χ0) is 18.5. The van der Waals surface area contributed by atoms with Gasteiger partial charge in [-0.15, -0.1) is 0 Å². The molecule has 26 heavy (non-hydrogen) atoms. The van der Waals surface area contributed by atoms with Gasteiger partial charge in [-0.05, 0) is 11.6 Å². The van der Waals surface area contributed by atoms with Gasteiger partial charge < -0.3 is 34.4 Å². The number of benzene rings is 1. The van der Waals surface area contributed by atoms with Gasteiger partial charge in [0, 0.05) is 18.3 Å². The molecule has 142 valence electrons. The lowest BCUT2D eigenvalue weighted by atomic mass is 9.99. The Kier molecular flexibility index (Phi) is 4.45. The molecule has 2 saturated heterocycles. The summed E-state index contributed by atoms with van der Waals surface area (Å²) in [7, 11) is -4.78. The highest BCUT2D eigenvalue weighted by molar-refractivity contribution is 7.46. The maximum absolute atomic E-state index is 11.3. The van der Waals surface area contributed by atoms with Gasteiger partial charge in [0.05, 0.1) is 13.2 Å². The van der Waals surface area contributed by atoms with Crippen molar-refractivity contribution in [3.8, 4) is 0 Å². The van der Waals surface area contributed by atoms with Gasteiger partial charge in [0.15, 0.2) is 6.23 Å². The third-order valence-corrected chi connectivity index (χ3v) is 5.53. The number of hydrogen-bond donors (Lipinski definition) is 4. The minimum Gasteiger partial charge on any atom is -0.393 e. The quantitative estimate of drug-likeness (QED) is 0.517. The Morgan fingerprint density at radius 1 is 1.35 bits per heavy atom. The van der Waals surface area contributed by atoms with Gasteiger partial charge in [-0.1, -0.05) is 24.3 Å². The van der Waals surface area contributed by atoms with Crippen molar-refractivity contribution >= 4 is 13.9 Å². The topological polar surface area (TPSA) is 129 Å². The van der Waals surface area contributed by atoms with Crippen LogP contribution in [-0.4, -0.2) is 68.6 Å². The van der Waals surface area contributed by atoms with Crippen LogP contribution in [0.2, 0.25) is 0 Å². The van der Waals surface area contributed by atoms with Gasteiger partial charge >= 0.3 is 7.82 Å². The van der Waals surface area contributed by atoms with E-state index in [1.54, 1.807) is 11.1 Å². The van der Waals surface area contributed by atoms with Crippen LogP contribution in [0.4, 0.5) is 0 Å². The van der Waals surface area contributed by atoms with E-state index in [0.29, 0.717) is 0 Å². The summed E-state index contributed by atoms with van der Waals surface area (Å²) in [5.41, 5.74) is 0.341. The molecule has 0 radical (unpaired) electrons. The number of aliphatic hydroxyl groups is 2. The largest absolute Gasteiger partial charge is 0.470 e. The van der Waals surface area contributed by atoms with Crippen LogP contribution < -0.4 is 0 Å². The molecule has 0 aliphatic carbocycles. The van der Waals surface area contributed by atoms with Crippen LogP contribution in [-0.2, 0) is 18.6 Å². The van der Waals surface area contributed by atoms with Gasteiger partial charge in [-0.3, -0.25) is 4.52 Å². The molecule has 3 aliphatic rings. The number of hydrogen-bond acceptors (Lipinski definition) is 7. The summed E-state index contributed by atoms with van der Waals surface area (Å²) in [4.78, 5) is 19.9. The van der Waals surface area contributed by atoms with Crippen molar-refractivity contribution in [2.45, 2.75) is 30.1 Å². The summed E-state index contributed by atoms with van der Waals surface area (Å²) in [6, 6.07) is 7.44. The molecule has 4 rings (SSSR count). The molecule has 10 heteroatoms. The lowest BCUT2D eigenvalue weighted by Gasteiger charge is -2.36. The highest BCUT2D eigenvalue weighted by Crippen LogP contribution is 2.49. The van der Waals surface area contributed by atoms with E-state index in [-0.39, 0.29) is 13.2 Å². The molecule has 3 unspecified atom stereocenters. The van der Waals surface area contributed by atoms with E-state index in [0.717, 1.165) is 11.1 Å². The first kappa shape index (κ1) is 18.1. The maximum atomic E-state index is 11.3. The zero-order valence-electron chi connectivity index (χ0n) is 13.7. The summed E-state index contributed by atoms with van der Waals surface area (Å²) in [5.74, 6) is 0. The standard InChI is InChI=1S/C16H20NO8P/c18-8-16-9-23-13(14(16)25-26(20,21)22)12(24-16)7-17-6-5-10-3-1-2-4-11(10)15(17)19/h1-6,12-15,18-19H,7-9H2,(H2,20,21,22)/t12?,13-,14?,15?,16+/m1/s1. The van der Waals surface area contributed by atoms with Crippen molar-refractivity contribution in [1.29, 1.82) is 0 Å². The fourth-order valence-corrected chi connectivity index (χ4v) is 4.41. The Hall–Kier alpha value is -1.29. The Morgan fingerprint density at radius 2 is 2.12 bits per heavy atom. The number of fused-ring (bicyclic) bond motifs is 3. The second-order valence-electron chi connectivity index (χ2n) is 6.69. The SMILES string of the molecule is O=P(O)(O)OC1[C@@H]2OC[C@]1(CO)OC2CN1C=Cc2ccccc2C1O. The van der Waals surface area contributed by atoms with Crippen LogP contribution in [0.3, 0.4) is 0 Å². The molecule has 5 atom stereocenters. The fraction of sp³-hybridized carbons (Fsp3) is 0.500. The van der Waals surface area contributed by atoms with Crippen molar-refractivity contribution in [3.63, 3.8) is 0 Å². The van der Waals surface area contributed by atoms with Crippen LogP contribution in [0.1, 0.15) is 17.4 Å². The van der Waals surface area contributed by atoms with Crippen molar-refractivity contribution in [1.82, 2.24) is 4.90 Å². The lowest BCUT2D eigenvalue weighted by Crippen LogP contribution is -2.46. The minimum absolute atomic E-state index is 0.0173. The smallest absolute Gasteiger partial charge is 0.393 e. The van der Waals surface area contributed by atoms with Gasteiger partial charge in [0.1, 0.15) is 23.9 Å². The van der Waals surface area contributed by atoms with E-state index in [1.807, 2.05) is 30.3 Å². The molecular weight excluding hydrogens is 365 g/mol. The van der Waals surface area contributed by atoms with Gasteiger partial charge in [0.25, 0.3) is 0 Å². The normalized spacial score (nSPS) is 35.8. The molecule has 0 spiro atoms. The van der Waals surface area contributed by atoms with Gasteiger partial charge in [-0.25, -0.2) is 4.57 Å². The average Bonchev–Trinajstić information content (AvgIpc) is 3.08. The summed E-state index contributed by atoms with van der Waals surface area (Å²) in [5, 5.41) is 20.3. The molecule has 0 amide bonds. The molecule has 9 nitrogen and oxygen atoms in total. The zero-order valence-corrected chi connectivity index (χ0v) is 14.6. The first-order chi connectivity index (χ1) is 12.3. The van der Waals surface area contributed by atoms with Crippen LogP contribution in [0.15, 0.2) is 30.5 Å². The molecule has 0 saturated carbocycles. The summed E-state index contributed by atoms with van der Waals surface area (Å²) < 4.78 is 27.6. The Balaban J connectivity index is 1.53. The van der Waals surface area contributed by atoms with E-state index in [4.69, 9.17) is 23.8 Å². The molecular formula is C16H20NO8P. The summed E-state index contributed by atoms with van der Waals surface area (Å²) >= 11 is 0. The Morgan fingerprint density at radius 3 is 2.85 bits per heavy atom. The van der Waals surface area contributed by atoms with Crippen LogP contribution >= 0.6 is 7.82 Å². The minimum atomic E-state index is -4.78. The fourth-order valence-electron chi connectivity index (χ4n) is 3.80. The first-order valence-corrected chi connectivity index (χ1v) is 9.71. The predicted molar refractivity (Wildman–Crippen MR) is 88.5 cm³/mol. The molecule has 2 fully saturated rings. The first-order valence-electron chi connectivity index (χ1n) is 8.18. The van der Waals surface area contributed by atoms with Crippen molar-refractivity contribution < 1.29 is 38.6 Å². The monoisotopic (exact) mass is 385 g/mol. The van der Waals surface area contributed by atoms with E-state index in [9.17, 15) is 14.8 Å². The molecule has 1 aromatic carbocycles. The molecule has 3 heterocycles. The number of aliphatic hydroxyl groups excluding tert-OH is 2. The highest BCUT2D eigenvalue weighted by atomic mass is 31.2. The lowest BCUT2D eigenvalue weighted by molar-refractivity contribution is -0.169. The van der Waals surface area contributed by atoms with Crippen LogP contribution in [0, 0.1) is 0 Å². The number of rotatable bonds is 5. The number of phosphoric acid groups is 1. The predicted octanol–water partition coefficient (Wildman–Crippen LogP) is -0.0296. The van der Waals surface area contributed by atoms with Crippen molar-refractivity contribution in [3.05, 3.63) is 41.6 Å². The van der Waals surface area contributed by atoms with Crippen LogP contribution in [0.25, 0.3) is 6.08 Å². The molecule has 2 bridgehead atoms. The van der Waals surface area contributed by atoms with Crippen molar-refractivity contribution in [2.24, 2.45) is 0 Å². The molecule has 0 aromatic heterocycles. The molecule has 1 aromatic rings. The number of phosphoric ester groups is 1. The second-order valence-corrected chi connectivity index (χ2v) is 7.88.